The molecular weight excluding hydrogens is 204 g/mol. The van der Waals surface area contributed by atoms with E-state index < -0.39 is 0 Å². The zero-order valence-electron chi connectivity index (χ0n) is 9.74. The average molecular weight is 220 g/mol. The molecular formula is C11H16N4O. The van der Waals surface area contributed by atoms with Gasteiger partial charge in [-0.25, -0.2) is 4.63 Å². The van der Waals surface area contributed by atoms with Crippen LogP contribution in [0.3, 0.4) is 0 Å². The van der Waals surface area contributed by atoms with Crippen LogP contribution in [0.5, 0.6) is 0 Å². The van der Waals surface area contributed by atoms with Crippen LogP contribution in [0.25, 0.3) is 11.0 Å². The lowest BCUT2D eigenvalue weighted by molar-refractivity contribution is 0.315. The summed E-state index contributed by atoms with van der Waals surface area (Å²) in [5.74, 6) is 0. The standard InChI is InChI=1S/C11H16N4O/c1-11(2,3)6-13-8-5-4-7(12)9-10(8)15-16-14-9/h4-5,13H,6,12H2,1-3H3. The van der Waals surface area contributed by atoms with Gasteiger partial charge < -0.3 is 11.1 Å². The number of nitrogens with two attached hydrogens (primary N) is 1. The molecule has 0 aliphatic rings. The second-order valence-electron chi connectivity index (χ2n) is 5.08. The van der Waals surface area contributed by atoms with Gasteiger partial charge in [0.2, 0.25) is 0 Å². The maximum atomic E-state index is 5.76. The summed E-state index contributed by atoms with van der Waals surface area (Å²) >= 11 is 0. The third kappa shape index (κ3) is 2.08. The van der Waals surface area contributed by atoms with Gasteiger partial charge in [-0.05, 0) is 27.9 Å². The molecule has 0 amide bonds. The molecule has 86 valence electrons. The Hall–Kier alpha value is -1.78. The van der Waals surface area contributed by atoms with Crippen LogP contribution in [0.15, 0.2) is 16.8 Å². The lowest BCUT2D eigenvalue weighted by Crippen LogP contribution is -2.19. The largest absolute Gasteiger partial charge is 0.397 e. The Labute approximate surface area is 94.0 Å². The van der Waals surface area contributed by atoms with Gasteiger partial charge in [0.15, 0.2) is 11.0 Å². The van der Waals surface area contributed by atoms with E-state index in [1.54, 1.807) is 6.07 Å². The van der Waals surface area contributed by atoms with Crippen molar-refractivity contribution < 1.29 is 4.63 Å². The molecule has 0 saturated heterocycles. The van der Waals surface area contributed by atoms with Gasteiger partial charge in [-0.3, -0.25) is 0 Å². The topological polar surface area (TPSA) is 77.0 Å². The predicted octanol–water partition coefficient (Wildman–Crippen LogP) is 2.26. The molecule has 3 N–H and O–H groups in total. The van der Waals surface area contributed by atoms with Gasteiger partial charge in [0.1, 0.15) is 0 Å². The molecule has 1 aromatic heterocycles. The fourth-order valence-electron chi connectivity index (χ4n) is 1.39. The van der Waals surface area contributed by atoms with Crippen molar-refractivity contribution in [2.24, 2.45) is 5.41 Å². The van der Waals surface area contributed by atoms with Crippen LogP contribution in [0.1, 0.15) is 20.8 Å². The van der Waals surface area contributed by atoms with Gasteiger partial charge in [0.25, 0.3) is 0 Å². The third-order valence-electron chi connectivity index (χ3n) is 2.26. The Morgan fingerprint density at radius 1 is 1.25 bits per heavy atom. The number of nitrogens with one attached hydrogen (secondary N) is 1. The van der Waals surface area contributed by atoms with Crippen molar-refractivity contribution in [3.05, 3.63) is 12.1 Å². The van der Waals surface area contributed by atoms with E-state index in [0.29, 0.717) is 16.7 Å². The molecule has 5 nitrogen and oxygen atoms in total. The summed E-state index contributed by atoms with van der Waals surface area (Å²) < 4.78 is 4.70. The van der Waals surface area contributed by atoms with Crippen molar-refractivity contribution in [2.45, 2.75) is 20.8 Å². The van der Waals surface area contributed by atoms with Crippen LogP contribution in [-0.2, 0) is 0 Å². The number of nitrogen functional groups attached to an aromatic ring is 1. The Kier molecular flexibility index (Phi) is 2.46. The van der Waals surface area contributed by atoms with Crippen LogP contribution in [-0.4, -0.2) is 16.9 Å². The number of hydrogen-bond acceptors (Lipinski definition) is 5. The zero-order valence-corrected chi connectivity index (χ0v) is 9.74. The van der Waals surface area contributed by atoms with Crippen LogP contribution >= 0.6 is 0 Å². The highest BCUT2D eigenvalue weighted by Crippen LogP contribution is 2.26. The first-order valence-corrected chi connectivity index (χ1v) is 5.22. The van der Waals surface area contributed by atoms with Crippen LogP contribution in [0.2, 0.25) is 0 Å². The van der Waals surface area contributed by atoms with Crippen LogP contribution in [0.4, 0.5) is 11.4 Å². The van der Waals surface area contributed by atoms with Gasteiger partial charge in [-0.15, -0.1) is 0 Å². The lowest BCUT2D eigenvalue weighted by atomic mass is 9.97. The van der Waals surface area contributed by atoms with Crippen molar-refractivity contribution >= 4 is 22.4 Å². The first-order chi connectivity index (χ1) is 7.47. The Morgan fingerprint density at radius 3 is 2.62 bits per heavy atom. The third-order valence-corrected chi connectivity index (χ3v) is 2.26. The van der Waals surface area contributed by atoms with Crippen molar-refractivity contribution in [1.29, 1.82) is 0 Å². The number of hydrogen-bond donors (Lipinski definition) is 2. The molecule has 0 saturated carbocycles. The number of benzene rings is 1. The summed E-state index contributed by atoms with van der Waals surface area (Å²) in [5.41, 5.74) is 8.74. The molecule has 0 bridgehead atoms. The van der Waals surface area contributed by atoms with Gasteiger partial charge in [-0.1, -0.05) is 20.8 Å². The maximum Gasteiger partial charge on any atom is 0.160 e. The molecule has 2 aromatic rings. The molecule has 0 radical (unpaired) electrons. The van der Waals surface area contributed by atoms with Crippen molar-refractivity contribution in [3.8, 4) is 0 Å². The Bertz CT molecular complexity index is 498. The lowest BCUT2D eigenvalue weighted by Gasteiger charge is -2.19. The minimum absolute atomic E-state index is 0.199. The van der Waals surface area contributed by atoms with E-state index in [1.807, 2.05) is 6.07 Å². The number of anilines is 2. The molecule has 2 rings (SSSR count). The smallest absolute Gasteiger partial charge is 0.160 e. The van der Waals surface area contributed by atoms with E-state index in [4.69, 9.17) is 10.4 Å². The molecule has 1 heterocycles. The van der Waals surface area contributed by atoms with E-state index in [-0.39, 0.29) is 5.41 Å². The fraction of sp³-hybridized carbons (Fsp3) is 0.455. The molecule has 0 fully saturated rings. The van der Waals surface area contributed by atoms with Gasteiger partial charge in [-0.2, -0.15) is 0 Å². The van der Waals surface area contributed by atoms with E-state index in [2.05, 4.69) is 36.4 Å². The van der Waals surface area contributed by atoms with Crippen molar-refractivity contribution in [1.82, 2.24) is 10.3 Å². The molecule has 0 atom stereocenters. The maximum absolute atomic E-state index is 5.76. The summed E-state index contributed by atoms with van der Waals surface area (Å²) in [7, 11) is 0. The van der Waals surface area contributed by atoms with Crippen molar-refractivity contribution in [2.75, 3.05) is 17.6 Å². The van der Waals surface area contributed by atoms with Gasteiger partial charge >= 0.3 is 0 Å². The first-order valence-electron chi connectivity index (χ1n) is 5.22. The number of rotatable bonds is 2. The van der Waals surface area contributed by atoms with Crippen molar-refractivity contribution in [3.63, 3.8) is 0 Å². The first kappa shape index (κ1) is 10.7. The quantitative estimate of drug-likeness (QED) is 0.759. The molecule has 0 unspecified atom stereocenters. The normalized spacial score (nSPS) is 11.9. The monoisotopic (exact) mass is 220 g/mol. The van der Waals surface area contributed by atoms with Gasteiger partial charge in [0.05, 0.1) is 11.4 Å². The van der Waals surface area contributed by atoms with E-state index >= 15 is 0 Å². The summed E-state index contributed by atoms with van der Waals surface area (Å²) in [5, 5.41) is 10.9. The molecule has 0 spiro atoms. The predicted molar refractivity (Wildman–Crippen MR) is 64.2 cm³/mol. The molecule has 1 aromatic carbocycles. The average Bonchev–Trinajstić information content (AvgIpc) is 2.65. The Balaban J connectivity index is 2.31. The second-order valence-corrected chi connectivity index (χ2v) is 5.08. The van der Waals surface area contributed by atoms with Crippen LogP contribution < -0.4 is 11.1 Å². The molecule has 16 heavy (non-hydrogen) atoms. The van der Waals surface area contributed by atoms with Crippen LogP contribution in [0, 0.1) is 5.41 Å². The number of nitrogens with zero attached hydrogens (tertiary/aromatic N) is 2. The summed E-state index contributed by atoms with van der Waals surface area (Å²) in [4.78, 5) is 0. The number of aromatic nitrogens is 2. The van der Waals surface area contributed by atoms with E-state index in [0.717, 1.165) is 12.2 Å². The summed E-state index contributed by atoms with van der Waals surface area (Å²) in [6.07, 6.45) is 0. The zero-order chi connectivity index (χ0) is 11.8. The minimum Gasteiger partial charge on any atom is -0.397 e. The molecule has 5 heteroatoms. The highest BCUT2D eigenvalue weighted by molar-refractivity contribution is 5.94. The SMILES string of the molecule is CC(C)(C)CNc1ccc(N)c2nonc12. The number of fused-ring (bicyclic) bond motifs is 1. The van der Waals surface area contributed by atoms with Gasteiger partial charge in [0, 0.05) is 6.54 Å². The molecule has 0 aliphatic carbocycles. The highest BCUT2D eigenvalue weighted by atomic mass is 16.6. The minimum atomic E-state index is 0.199. The summed E-state index contributed by atoms with van der Waals surface area (Å²) in [6, 6.07) is 3.70. The second kappa shape index (κ2) is 3.66. The van der Waals surface area contributed by atoms with E-state index in [9.17, 15) is 0 Å². The Morgan fingerprint density at radius 2 is 1.94 bits per heavy atom. The fourth-order valence-corrected chi connectivity index (χ4v) is 1.39. The van der Waals surface area contributed by atoms with E-state index in [1.165, 1.54) is 0 Å². The summed E-state index contributed by atoms with van der Waals surface area (Å²) in [6.45, 7) is 7.33. The highest BCUT2D eigenvalue weighted by Gasteiger charge is 2.13. The molecule has 0 aliphatic heterocycles.